The highest BCUT2D eigenvalue weighted by Crippen LogP contribution is 2.27. The summed E-state index contributed by atoms with van der Waals surface area (Å²) in [5.41, 5.74) is 0.143. The highest BCUT2D eigenvalue weighted by atomic mass is 35.5. The number of urea groups is 1. The van der Waals surface area contributed by atoms with E-state index in [2.05, 4.69) is 31.2 Å². The number of H-pyrrole nitrogens is 1. The number of aromatic nitrogens is 2. The summed E-state index contributed by atoms with van der Waals surface area (Å²) in [5.74, 6) is 2.79. The second-order valence-corrected chi connectivity index (χ2v) is 4.98. The van der Waals surface area contributed by atoms with Crippen LogP contribution in [-0.4, -0.2) is 22.4 Å². The first-order chi connectivity index (χ1) is 10.0. The van der Waals surface area contributed by atoms with Crippen molar-refractivity contribution >= 4 is 45.7 Å². The zero-order chi connectivity index (χ0) is 15.4. The molecule has 9 heteroatoms. The maximum atomic E-state index is 11.6. The zero-order valence-corrected chi connectivity index (χ0v) is 12.4. The van der Waals surface area contributed by atoms with Crippen molar-refractivity contribution in [2.75, 3.05) is 17.7 Å². The first kappa shape index (κ1) is 14.9. The van der Waals surface area contributed by atoms with Gasteiger partial charge in [-0.15, -0.1) is 6.42 Å². The van der Waals surface area contributed by atoms with Gasteiger partial charge in [0.25, 0.3) is 5.56 Å². The first-order valence-electron chi connectivity index (χ1n) is 5.64. The van der Waals surface area contributed by atoms with Crippen LogP contribution < -0.4 is 21.5 Å². The van der Waals surface area contributed by atoms with E-state index in [1.807, 2.05) is 0 Å². The molecule has 0 radical (unpaired) electrons. The molecule has 2 aromatic heterocycles. The summed E-state index contributed by atoms with van der Waals surface area (Å²) in [4.78, 5) is 27.0. The fourth-order valence-corrected chi connectivity index (χ4v) is 2.31. The standard InChI is InChI=1S/C12H10ClN5O2S/c1-3-6-5-15-8(4-7(6)13)16-11-9(10(19)18-21-11)17-12(20)14-2/h1,4-5H,2H3,(H,15,16)(H,18,19)(H2,14,17,20). The lowest BCUT2D eigenvalue weighted by molar-refractivity contribution is 0.254. The minimum Gasteiger partial charge on any atom is -0.341 e. The summed E-state index contributed by atoms with van der Waals surface area (Å²) in [6, 6.07) is 1.03. The first-order valence-corrected chi connectivity index (χ1v) is 6.84. The number of aromatic amines is 1. The van der Waals surface area contributed by atoms with E-state index in [1.54, 1.807) is 0 Å². The van der Waals surface area contributed by atoms with Gasteiger partial charge >= 0.3 is 6.03 Å². The van der Waals surface area contributed by atoms with E-state index in [4.69, 9.17) is 18.0 Å². The van der Waals surface area contributed by atoms with Crippen LogP contribution in [0.2, 0.25) is 5.02 Å². The number of pyridine rings is 1. The molecule has 0 aliphatic rings. The van der Waals surface area contributed by atoms with Crippen LogP contribution in [0.3, 0.4) is 0 Å². The van der Waals surface area contributed by atoms with Gasteiger partial charge in [-0.2, -0.15) is 0 Å². The molecule has 4 N–H and O–H groups in total. The number of halogens is 1. The van der Waals surface area contributed by atoms with Gasteiger partial charge in [-0.3, -0.25) is 9.17 Å². The molecule has 2 rings (SSSR count). The van der Waals surface area contributed by atoms with Gasteiger partial charge in [0.1, 0.15) is 16.5 Å². The topological polar surface area (TPSA) is 98.9 Å². The van der Waals surface area contributed by atoms with E-state index in [9.17, 15) is 9.59 Å². The number of carbonyl (C=O) groups excluding carboxylic acids is 1. The van der Waals surface area contributed by atoms with E-state index in [0.29, 0.717) is 21.4 Å². The molecule has 2 amide bonds. The average molecular weight is 324 g/mol. The summed E-state index contributed by atoms with van der Waals surface area (Å²) in [7, 11) is 1.45. The molecule has 0 atom stereocenters. The van der Waals surface area contributed by atoms with Crippen molar-refractivity contribution in [2.45, 2.75) is 0 Å². The van der Waals surface area contributed by atoms with Crippen molar-refractivity contribution in [1.29, 1.82) is 0 Å². The van der Waals surface area contributed by atoms with Crippen molar-refractivity contribution in [3.8, 4) is 12.3 Å². The number of nitrogens with zero attached hydrogens (tertiary/aromatic N) is 1. The van der Waals surface area contributed by atoms with E-state index in [1.165, 1.54) is 19.3 Å². The molecule has 108 valence electrons. The Balaban J connectivity index is 2.28. The van der Waals surface area contributed by atoms with Crippen LogP contribution in [0.4, 0.5) is 21.3 Å². The van der Waals surface area contributed by atoms with Crippen LogP contribution in [0.1, 0.15) is 5.56 Å². The van der Waals surface area contributed by atoms with Crippen molar-refractivity contribution in [3.05, 3.63) is 33.2 Å². The average Bonchev–Trinajstić information content (AvgIpc) is 2.80. The lowest BCUT2D eigenvalue weighted by atomic mass is 10.3. The summed E-state index contributed by atoms with van der Waals surface area (Å²) >= 11 is 7.00. The van der Waals surface area contributed by atoms with Gasteiger partial charge in [-0.05, 0) is 11.5 Å². The lowest BCUT2D eigenvalue weighted by Crippen LogP contribution is -2.27. The number of hydrogen-bond acceptors (Lipinski definition) is 5. The van der Waals surface area contributed by atoms with Crippen LogP contribution in [0.25, 0.3) is 0 Å². The smallest absolute Gasteiger partial charge is 0.319 e. The predicted molar refractivity (Wildman–Crippen MR) is 83.5 cm³/mol. The third-order valence-corrected chi connectivity index (χ3v) is 3.53. The van der Waals surface area contributed by atoms with E-state index in [0.717, 1.165) is 11.5 Å². The molecule has 0 unspecified atom stereocenters. The number of anilines is 3. The molecule has 0 spiro atoms. The number of terminal acetylenes is 1. The molecule has 0 saturated carbocycles. The minimum absolute atomic E-state index is 0.0956. The molecule has 2 aromatic rings. The Bertz CT molecular complexity index is 777. The van der Waals surface area contributed by atoms with E-state index in [-0.39, 0.29) is 5.69 Å². The number of rotatable bonds is 3. The fraction of sp³-hybridized carbons (Fsp3) is 0.0833. The Labute approximate surface area is 128 Å². The molecule has 0 fully saturated rings. The molecule has 0 aromatic carbocycles. The highest BCUT2D eigenvalue weighted by molar-refractivity contribution is 7.11. The third-order valence-electron chi connectivity index (χ3n) is 2.42. The van der Waals surface area contributed by atoms with Gasteiger partial charge in [0, 0.05) is 19.3 Å². The Kier molecular flexibility index (Phi) is 4.47. The molecular formula is C12H10ClN5O2S. The highest BCUT2D eigenvalue weighted by Gasteiger charge is 2.14. The van der Waals surface area contributed by atoms with Crippen LogP contribution in [0, 0.1) is 12.3 Å². The Morgan fingerprint density at radius 2 is 2.33 bits per heavy atom. The molecular weight excluding hydrogens is 314 g/mol. The van der Waals surface area contributed by atoms with Crippen molar-refractivity contribution in [1.82, 2.24) is 14.7 Å². The van der Waals surface area contributed by atoms with Gasteiger partial charge in [-0.1, -0.05) is 17.5 Å². The number of carbonyl (C=O) groups is 1. The molecule has 2 heterocycles. The molecule has 0 aliphatic carbocycles. The maximum Gasteiger partial charge on any atom is 0.319 e. The van der Waals surface area contributed by atoms with Crippen LogP contribution in [-0.2, 0) is 0 Å². The fourth-order valence-electron chi connectivity index (χ4n) is 1.40. The lowest BCUT2D eigenvalue weighted by Gasteiger charge is -2.07. The van der Waals surface area contributed by atoms with Crippen molar-refractivity contribution < 1.29 is 4.79 Å². The van der Waals surface area contributed by atoms with Crippen molar-refractivity contribution in [3.63, 3.8) is 0 Å². The zero-order valence-electron chi connectivity index (χ0n) is 10.8. The maximum absolute atomic E-state index is 11.6. The van der Waals surface area contributed by atoms with Crippen LogP contribution in [0.15, 0.2) is 17.1 Å². The monoisotopic (exact) mass is 323 g/mol. The van der Waals surface area contributed by atoms with E-state index < -0.39 is 11.6 Å². The Morgan fingerprint density at radius 1 is 1.57 bits per heavy atom. The predicted octanol–water partition coefficient (Wildman–Crippen LogP) is 1.96. The third kappa shape index (κ3) is 3.34. The second-order valence-electron chi connectivity index (χ2n) is 3.76. The van der Waals surface area contributed by atoms with Gasteiger partial charge in [-0.25, -0.2) is 9.78 Å². The van der Waals surface area contributed by atoms with Gasteiger partial charge in [0.2, 0.25) is 0 Å². The van der Waals surface area contributed by atoms with Crippen molar-refractivity contribution in [2.24, 2.45) is 0 Å². The number of amides is 2. The molecule has 0 saturated heterocycles. The normalized spacial score (nSPS) is 9.76. The molecule has 7 nitrogen and oxygen atoms in total. The SMILES string of the molecule is C#Cc1cnc(Nc2s[nH]c(=O)c2NC(=O)NC)cc1Cl. The molecule has 21 heavy (non-hydrogen) atoms. The second kappa shape index (κ2) is 6.30. The van der Waals surface area contributed by atoms with Gasteiger partial charge in [0.15, 0.2) is 0 Å². The number of hydrogen-bond donors (Lipinski definition) is 4. The molecule has 0 aliphatic heterocycles. The summed E-state index contributed by atoms with van der Waals surface area (Å²) in [5, 5.41) is 8.45. The molecule has 0 bridgehead atoms. The summed E-state index contributed by atoms with van der Waals surface area (Å²) in [6.45, 7) is 0. The van der Waals surface area contributed by atoms with Gasteiger partial charge < -0.3 is 16.0 Å². The van der Waals surface area contributed by atoms with Gasteiger partial charge in [0.05, 0.1) is 10.6 Å². The van der Waals surface area contributed by atoms with E-state index >= 15 is 0 Å². The summed E-state index contributed by atoms with van der Waals surface area (Å²) in [6.07, 6.45) is 6.69. The Hall–Kier alpha value is -2.50. The summed E-state index contributed by atoms with van der Waals surface area (Å²) < 4.78 is 2.51. The number of nitrogens with one attached hydrogen (secondary N) is 4. The van der Waals surface area contributed by atoms with Crippen LogP contribution in [0.5, 0.6) is 0 Å². The Morgan fingerprint density at radius 3 is 2.95 bits per heavy atom. The largest absolute Gasteiger partial charge is 0.341 e. The minimum atomic E-state index is -0.504. The van der Waals surface area contributed by atoms with Crippen LogP contribution >= 0.6 is 23.1 Å². The quantitative estimate of drug-likeness (QED) is 0.649.